The molecule has 0 unspecified atom stereocenters. The molecule has 0 atom stereocenters. The number of anilines is 1. The van der Waals surface area contributed by atoms with Gasteiger partial charge in [-0.25, -0.2) is 0 Å². The van der Waals surface area contributed by atoms with Gasteiger partial charge in [-0.3, -0.25) is 4.79 Å². The molecule has 1 saturated heterocycles. The number of pyridine rings is 1. The summed E-state index contributed by atoms with van der Waals surface area (Å²) in [6.07, 6.45) is -3.98. The summed E-state index contributed by atoms with van der Waals surface area (Å²) in [6, 6.07) is 6.48. The number of nitrogens with zero attached hydrogens (tertiary/aromatic N) is 1. The molecule has 0 spiro atoms. The second-order valence-electron chi connectivity index (χ2n) is 5.49. The molecule has 3 rings (SSSR count). The van der Waals surface area contributed by atoms with E-state index >= 15 is 0 Å². The highest BCUT2D eigenvalue weighted by Gasteiger charge is 2.41. The number of hydrogen-bond donors (Lipinski definition) is 1. The van der Waals surface area contributed by atoms with Gasteiger partial charge in [0.1, 0.15) is 0 Å². The average molecular weight is 331 g/mol. The highest BCUT2D eigenvalue weighted by molar-refractivity contribution is 6.38. The molecule has 0 aliphatic carbocycles. The molecular formula is C15H14ClF3N2O. The molecule has 7 heteroatoms. The van der Waals surface area contributed by atoms with Crippen LogP contribution in [0.1, 0.15) is 12.8 Å². The first-order valence-electron chi connectivity index (χ1n) is 6.99. The number of hydrogen-bond acceptors (Lipinski definition) is 2. The van der Waals surface area contributed by atoms with E-state index in [-0.39, 0.29) is 18.4 Å². The molecule has 118 valence electrons. The summed E-state index contributed by atoms with van der Waals surface area (Å²) in [5.74, 6) is -1.24. The van der Waals surface area contributed by atoms with Gasteiger partial charge in [-0.05, 0) is 31.0 Å². The van der Waals surface area contributed by atoms with E-state index in [0.29, 0.717) is 34.7 Å². The number of alkyl halides is 3. The molecule has 1 aliphatic heterocycles. The Kier molecular flexibility index (Phi) is 3.80. The fourth-order valence-corrected chi connectivity index (χ4v) is 3.23. The van der Waals surface area contributed by atoms with Crippen LogP contribution in [0.25, 0.3) is 10.9 Å². The van der Waals surface area contributed by atoms with Crippen molar-refractivity contribution in [1.82, 2.24) is 4.98 Å². The minimum atomic E-state index is -4.13. The fourth-order valence-electron chi connectivity index (χ4n) is 2.88. The molecule has 3 nitrogen and oxygen atoms in total. The molecule has 0 bridgehead atoms. The predicted molar refractivity (Wildman–Crippen MR) is 80.6 cm³/mol. The maximum atomic E-state index is 12.7. The Morgan fingerprint density at radius 3 is 2.45 bits per heavy atom. The Bertz CT molecular complexity index is 749. The summed E-state index contributed by atoms with van der Waals surface area (Å²) >= 11 is 6.37. The third-order valence-corrected chi connectivity index (χ3v) is 4.51. The van der Waals surface area contributed by atoms with Crippen molar-refractivity contribution < 1.29 is 13.2 Å². The lowest BCUT2D eigenvalue weighted by Crippen LogP contribution is -2.39. The third kappa shape index (κ3) is 2.79. The van der Waals surface area contributed by atoms with E-state index in [4.69, 9.17) is 11.6 Å². The van der Waals surface area contributed by atoms with Crippen molar-refractivity contribution in [3.8, 4) is 0 Å². The standard InChI is InChI=1S/C15H14ClF3N2O/c16-14-10-1-4-13(22)20-11(10)2-3-12(14)21-7-5-9(6-8-21)15(17,18)19/h1-4,9H,5-8H2,(H,20,22). The van der Waals surface area contributed by atoms with Crippen molar-refractivity contribution in [3.05, 3.63) is 39.6 Å². The van der Waals surface area contributed by atoms with E-state index in [9.17, 15) is 18.0 Å². The second-order valence-corrected chi connectivity index (χ2v) is 5.86. The molecule has 0 amide bonds. The van der Waals surface area contributed by atoms with Gasteiger partial charge in [0.05, 0.1) is 16.6 Å². The van der Waals surface area contributed by atoms with Crippen LogP contribution in [-0.4, -0.2) is 24.2 Å². The van der Waals surface area contributed by atoms with Gasteiger partial charge >= 0.3 is 6.18 Å². The van der Waals surface area contributed by atoms with Crippen molar-refractivity contribution in [2.24, 2.45) is 5.92 Å². The van der Waals surface area contributed by atoms with E-state index in [1.54, 1.807) is 18.2 Å². The second kappa shape index (κ2) is 5.50. The minimum Gasteiger partial charge on any atom is -0.370 e. The minimum absolute atomic E-state index is 0.0729. The Morgan fingerprint density at radius 2 is 1.82 bits per heavy atom. The molecule has 2 heterocycles. The van der Waals surface area contributed by atoms with Crippen LogP contribution < -0.4 is 10.5 Å². The topological polar surface area (TPSA) is 36.1 Å². The van der Waals surface area contributed by atoms with Gasteiger partial charge in [0.2, 0.25) is 5.56 Å². The lowest BCUT2D eigenvalue weighted by Gasteiger charge is -2.35. The van der Waals surface area contributed by atoms with E-state index in [2.05, 4.69) is 4.98 Å². The SMILES string of the molecule is O=c1ccc2c(Cl)c(N3CCC(C(F)(F)F)CC3)ccc2[nH]1. The summed E-state index contributed by atoms with van der Waals surface area (Å²) in [4.78, 5) is 15.8. The van der Waals surface area contributed by atoms with E-state index in [1.165, 1.54) is 6.07 Å². The van der Waals surface area contributed by atoms with Crippen molar-refractivity contribution in [1.29, 1.82) is 0 Å². The number of nitrogens with one attached hydrogen (secondary N) is 1. The molecule has 1 aromatic heterocycles. The predicted octanol–water partition coefficient (Wildman–Crippen LogP) is 3.96. The van der Waals surface area contributed by atoms with Crippen LogP contribution in [-0.2, 0) is 0 Å². The number of halogens is 4. The molecule has 1 N–H and O–H groups in total. The molecule has 1 fully saturated rings. The first kappa shape index (κ1) is 15.2. The van der Waals surface area contributed by atoms with Crippen LogP contribution in [0.15, 0.2) is 29.1 Å². The monoisotopic (exact) mass is 330 g/mol. The Hall–Kier alpha value is -1.69. The first-order valence-corrected chi connectivity index (χ1v) is 7.37. The Balaban J connectivity index is 1.87. The summed E-state index contributed by atoms with van der Waals surface area (Å²) in [5, 5.41) is 1.15. The number of piperidine rings is 1. The maximum absolute atomic E-state index is 12.7. The smallest absolute Gasteiger partial charge is 0.370 e. The van der Waals surface area contributed by atoms with Gasteiger partial charge in [-0.15, -0.1) is 0 Å². The normalized spacial score (nSPS) is 17.2. The maximum Gasteiger partial charge on any atom is 0.391 e. The van der Waals surface area contributed by atoms with Crippen LogP contribution in [0, 0.1) is 5.92 Å². The zero-order valence-corrected chi connectivity index (χ0v) is 12.3. The zero-order valence-electron chi connectivity index (χ0n) is 11.6. The van der Waals surface area contributed by atoms with Gasteiger partial charge in [-0.2, -0.15) is 13.2 Å². The van der Waals surface area contributed by atoms with Gasteiger partial charge in [0, 0.05) is 30.1 Å². The fraction of sp³-hybridized carbons (Fsp3) is 0.400. The lowest BCUT2D eigenvalue weighted by molar-refractivity contribution is -0.179. The number of benzene rings is 1. The van der Waals surface area contributed by atoms with Gasteiger partial charge in [-0.1, -0.05) is 11.6 Å². The zero-order chi connectivity index (χ0) is 15.9. The molecule has 2 aromatic rings. The van der Waals surface area contributed by atoms with Gasteiger partial charge in [0.25, 0.3) is 0 Å². The molecule has 0 radical (unpaired) electrons. The van der Waals surface area contributed by atoms with Crippen molar-refractivity contribution in [2.45, 2.75) is 19.0 Å². The number of rotatable bonds is 1. The Morgan fingerprint density at radius 1 is 1.14 bits per heavy atom. The highest BCUT2D eigenvalue weighted by atomic mass is 35.5. The molecule has 1 aromatic carbocycles. The summed E-state index contributed by atoms with van der Waals surface area (Å²) in [6.45, 7) is 0.636. The highest BCUT2D eigenvalue weighted by Crippen LogP contribution is 2.38. The summed E-state index contributed by atoms with van der Waals surface area (Å²) in [7, 11) is 0. The first-order chi connectivity index (χ1) is 10.4. The summed E-state index contributed by atoms with van der Waals surface area (Å²) < 4.78 is 38.2. The van der Waals surface area contributed by atoms with E-state index in [0.717, 1.165) is 0 Å². The number of H-pyrrole nitrogens is 1. The lowest BCUT2D eigenvalue weighted by atomic mass is 9.96. The van der Waals surface area contributed by atoms with Crippen LogP contribution in [0.5, 0.6) is 0 Å². The molecule has 22 heavy (non-hydrogen) atoms. The molecule has 1 aliphatic rings. The molecule has 0 saturated carbocycles. The van der Waals surface area contributed by atoms with E-state index in [1.807, 2.05) is 4.90 Å². The van der Waals surface area contributed by atoms with Gasteiger partial charge < -0.3 is 9.88 Å². The quantitative estimate of drug-likeness (QED) is 0.859. The number of fused-ring (bicyclic) bond motifs is 1. The van der Waals surface area contributed by atoms with Crippen LogP contribution in [0.3, 0.4) is 0 Å². The number of aromatic amines is 1. The van der Waals surface area contributed by atoms with Crippen molar-refractivity contribution in [3.63, 3.8) is 0 Å². The van der Waals surface area contributed by atoms with Crippen molar-refractivity contribution >= 4 is 28.2 Å². The third-order valence-electron chi connectivity index (χ3n) is 4.12. The summed E-state index contributed by atoms with van der Waals surface area (Å²) in [5.41, 5.74) is 1.11. The van der Waals surface area contributed by atoms with Crippen LogP contribution in [0.2, 0.25) is 5.02 Å². The molecular weight excluding hydrogens is 317 g/mol. The largest absolute Gasteiger partial charge is 0.391 e. The van der Waals surface area contributed by atoms with Crippen LogP contribution >= 0.6 is 11.6 Å². The van der Waals surface area contributed by atoms with Crippen molar-refractivity contribution in [2.75, 3.05) is 18.0 Å². The average Bonchev–Trinajstić information content (AvgIpc) is 2.47. The number of aromatic nitrogens is 1. The Labute approximate surface area is 129 Å². The van der Waals surface area contributed by atoms with Crippen LogP contribution in [0.4, 0.5) is 18.9 Å². The van der Waals surface area contributed by atoms with E-state index < -0.39 is 12.1 Å². The van der Waals surface area contributed by atoms with Gasteiger partial charge in [0.15, 0.2) is 0 Å².